The van der Waals surface area contributed by atoms with E-state index >= 15 is 0 Å². The lowest BCUT2D eigenvalue weighted by atomic mass is 9.78. The third-order valence-electron chi connectivity index (χ3n) is 6.34. The summed E-state index contributed by atoms with van der Waals surface area (Å²) < 4.78 is 0.837. The van der Waals surface area contributed by atoms with Gasteiger partial charge in [0, 0.05) is 15.2 Å². The van der Waals surface area contributed by atoms with Crippen molar-refractivity contribution in [3.63, 3.8) is 0 Å². The number of benzene rings is 2. The van der Waals surface area contributed by atoms with Crippen molar-refractivity contribution in [2.24, 2.45) is 11.8 Å². The van der Waals surface area contributed by atoms with Crippen LogP contribution in [0.3, 0.4) is 0 Å². The number of likely N-dealkylation sites (tertiary alicyclic amines) is 1. The minimum atomic E-state index is -1.59. The molecule has 2 saturated heterocycles. The number of nitrogens with zero attached hydrogens (tertiary/aromatic N) is 1. The van der Waals surface area contributed by atoms with Crippen LogP contribution < -0.4 is 5.32 Å². The van der Waals surface area contributed by atoms with E-state index in [0.29, 0.717) is 11.3 Å². The smallest absolute Gasteiger partial charge is 0.324 e. The number of carbonyl (C=O) groups is 3. The molecule has 0 saturated carbocycles. The van der Waals surface area contributed by atoms with E-state index < -0.39 is 41.2 Å². The second-order valence-electron chi connectivity index (χ2n) is 8.10. The molecule has 32 heavy (non-hydrogen) atoms. The van der Waals surface area contributed by atoms with Crippen molar-refractivity contribution in [3.05, 3.63) is 63.2 Å². The van der Waals surface area contributed by atoms with E-state index in [-0.39, 0.29) is 18.7 Å². The summed E-state index contributed by atoms with van der Waals surface area (Å²) in [5.41, 5.74) is -0.368. The fourth-order valence-electron chi connectivity index (χ4n) is 4.82. The Labute approximate surface area is 203 Å². The molecule has 9 heteroatoms. The monoisotopic (exact) mass is 566 g/mol. The average Bonchev–Trinajstić information content (AvgIpc) is 3.25. The standard InChI is InChI=1S/C23H23IN2O5S/c1-32-10-9-23(22(30)31)18-17(19(25-23)15-11-14(24)7-8-16(15)27)20(28)26(21(18)29)12-13-5-3-2-4-6-13/h2-8,11,17-19,25,27H,9-10,12H2,1H3,(H,30,31)/t17-,18+,19+,23-/m0/s1. The van der Waals surface area contributed by atoms with Crippen molar-refractivity contribution >= 4 is 52.1 Å². The second kappa shape index (κ2) is 9.03. The lowest BCUT2D eigenvalue weighted by molar-refractivity contribution is -0.151. The highest BCUT2D eigenvalue weighted by atomic mass is 127. The number of phenolic OH excluding ortho intramolecular Hbond substituents is 1. The molecular formula is C23H23IN2O5S. The average molecular weight is 566 g/mol. The van der Waals surface area contributed by atoms with Gasteiger partial charge in [-0.25, -0.2) is 0 Å². The van der Waals surface area contributed by atoms with Gasteiger partial charge in [-0.1, -0.05) is 30.3 Å². The molecule has 0 spiro atoms. The van der Waals surface area contributed by atoms with Crippen molar-refractivity contribution in [1.29, 1.82) is 0 Å². The number of rotatable bonds is 7. The van der Waals surface area contributed by atoms with Gasteiger partial charge in [0.15, 0.2) is 0 Å². The van der Waals surface area contributed by atoms with E-state index in [2.05, 4.69) is 27.9 Å². The highest BCUT2D eigenvalue weighted by molar-refractivity contribution is 14.1. The van der Waals surface area contributed by atoms with Gasteiger partial charge < -0.3 is 10.2 Å². The normalized spacial score (nSPS) is 27.1. The molecular weight excluding hydrogens is 543 g/mol. The first-order valence-corrected chi connectivity index (χ1v) is 12.6. The van der Waals surface area contributed by atoms with Gasteiger partial charge >= 0.3 is 5.97 Å². The summed E-state index contributed by atoms with van der Waals surface area (Å²) >= 11 is 3.58. The molecule has 2 aliphatic rings. The van der Waals surface area contributed by atoms with Crippen LogP contribution in [0.4, 0.5) is 0 Å². The molecule has 2 aliphatic heterocycles. The Morgan fingerprint density at radius 2 is 1.91 bits per heavy atom. The van der Waals surface area contributed by atoms with Crippen LogP contribution >= 0.6 is 34.4 Å². The topological polar surface area (TPSA) is 107 Å². The predicted molar refractivity (Wildman–Crippen MR) is 129 cm³/mol. The highest BCUT2D eigenvalue weighted by Gasteiger charge is 2.68. The van der Waals surface area contributed by atoms with Gasteiger partial charge in [-0.3, -0.25) is 24.6 Å². The van der Waals surface area contributed by atoms with Crippen molar-refractivity contribution in [2.75, 3.05) is 12.0 Å². The first-order valence-electron chi connectivity index (χ1n) is 10.2. The van der Waals surface area contributed by atoms with E-state index in [1.807, 2.05) is 36.6 Å². The molecule has 2 aromatic rings. The minimum Gasteiger partial charge on any atom is -0.508 e. The zero-order chi connectivity index (χ0) is 23.0. The van der Waals surface area contributed by atoms with Gasteiger partial charge in [0.1, 0.15) is 11.3 Å². The van der Waals surface area contributed by atoms with Gasteiger partial charge in [-0.2, -0.15) is 11.8 Å². The summed E-state index contributed by atoms with van der Waals surface area (Å²) in [5.74, 6) is -3.53. The van der Waals surface area contributed by atoms with Crippen molar-refractivity contribution in [3.8, 4) is 5.75 Å². The number of amides is 2. The Kier molecular flexibility index (Phi) is 6.51. The molecule has 4 atom stereocenters. The lowest BCUT2D eigenvalue weighted by Gasteiger charge is -2.31. The summed E-state index contributed by atoms with van der Waals surface area (Å²) in [5, 5.41) is 24.0. The van der Waals surface area contributed by atoms with Crippen LogP contribution in [0.2, 0.25) is 0 Å². The summed E-state index contributed by atoms with van der Waals surface area (Å²) in [6, 6.07) is 13.4. The van der Waals surface area contributed by atoms with E-state index in [1.165, 1.54) is 22.7 Å². The largest absolute Gasteiger partial charge is 0.508 e. The number of carboxylic acids is 1. The Hall–Kier alpha value is -2.11. The van der Waals surface area contributed by atoms with Gasteiger partial charge in [-0.15, -0.1) is 0 Å². The van der Waals surface area contributed by atoms with E-state index in [0.717, 1.165) is 9.13 Å². The first-order chi connectivity index (χ1) is 15.3. The molecule has 7 nitrogen and oxygen atoms in total. The molecule has 0 bridgehead atoms. The number of aliphatic carboxylic acids is 1. The molecule has 168 valence electrons. The zero-order valence-corrected chi connectivity index (χ0v) is 20.3. The van der Waals surface area contributed by atoms with Crippen molar-refractivity contribution < 1.29 is 24.6 Å². The molecule has 2 heterocycles. The number of nitrogens with one attached hydrogen (secondary N) is 1. The summed E-state index contributed by atoms with van der Waals surface area (Å²) in [4.78, 5) is 40.9. The maximum Gasteiger partial charge on any atom is 0.324 e. The maximum atomic E-state index is 13.5. The highest BCUT2D eigenvalue weighted by Crippen LogP contribution is 2.52. The van der Waals surface area contributed by atoms with Gasteiger partial charge in [0.05, 0.1) is 18.4 Å². The number of carbonyl (C=O) groups excluding carboxylic acids is 2. The molecule has 0 aliphatic carbocycles. The number of thioether (sulfide) groups is 1. The van der Waals surface area contributed by atoms with Crippen LogP contribution in [0, 0.1) is 15.4 Å². The third-order valence-corrected chi connectivity index (χ3v) is 7.62. The molecule has 2 aromatic carbocycles. The molecule has 4 rings (SSSR count). The van der Waals surface area contributed by atoms with Crippen LogP contribution in [-0.2, 0) is 20.9 Å². The Morgan fingerprint density at radius 3 is 2.56 bits per heavy atom. The number of carboxylic acid groups (broad SMARTS) is 1. The number of halogens is 1. The van der Waals surface area contributed by atoms with Crippen LogP contribution in [0.15, 0.2) is 48.5 Å². The molecule has 2 fully saturated rings. The summed E-state index contributed by atoms with van der Waals surface area (Å²) in [6.07, 6.45) is 2.05. The van der Waals surface area contributed by atoms with Crippen molar-refractivity contribution in [1.82, 2.24) is 10.2 Å². The summed E-state index contributed by atoms with van der Waals surface area (Å²) in [7, 11) is 0. The van der Waals surface area contributed by atoms with E-state index in [9.17, 15) is 24.6 Å². The van der Waals surface area contributed by atoms with Gasteiger partial charge in [-0.05, 0) is 64.8 Å². The molecule has 3 N–H and O–H groups in total. The maximum absolute atomic E-state index is 13.5. The molecule has 0 radical (unpaired) electrons. The quantitative estimate of drug-likeness (QED) is 0.350. The van der Waals surface area contributed by atoms with Crippen LogP contribution in [0.5, 0.6) is 5.75 Å². The van der Waals surface area contributed by atoms with Crippen LogP contribution in [0.1, 0.15) is 23.6 Å². The fourth-order valence-corrected chi connectivity index (χ4v) is 5.86. The molecule has 0 unspecified atom stereocenters. The first kappa shape index (κ1) is 23.1. The number of fused-ring (bicyclic) bond motifs is 1. The van der Waals surface area contributed by atoms with Crippen LogP contribution in [-0.4, -0.2) is 50.4 Å². The number of aromatic hydroxyl groups is 1. The van der Waals surface area contributed by atoms with Gasteiger partial charge in [0.2, 0.25) is 11.8 Å². The fraction of sp³-hybridized carbons (Fsp3) is 0.348. The predicted octanol–water partition coefficient (Wildman–Crippen LogP) is 3.02. The second-order valence-corrected chi connectivity index (χ2v) is 10.3. The molecule has 2 amide bonds. The number of phenols is 1. The van der Waals surface area contributed by atoms with Crippen LogP contribution in [0.25, 0.3) is 0 Å². The lowest BCUT2D eigenvalue weighted by Crippen LogP contribution is -2.56. The van der Waals surface area contributed by atoms with E-state index in [4.69, 9.17) is 0 Å². The SMILES string of the molecule is CSCC[C@]1(C(=O)O)N[C@H](c2cc(I)ccc2O)[C@H]2C(=O)N(Cc3ccccc3)C(=O)[C@@H]21. The number of imide groups is 1. The summed E-state index contributed by atoms with van der Waals surface area (Å²) in [6.45, 7) is 0.0920. The minimum absolute atomic E-state index is 0.0329. The number of hydrogen-bond acceptors (Lipinski definition) is 6. The Morgan fingerprint density at radius 1 is 1.19 bits per heavy atom. The Bertz CT molecular complexity index is 1070. The van der Waals surface area contributed by atoms with Gasteiger partial charge in [0.25, 0.3) is 0 Å². The number of hydrogen-bond donors (Lipinski definition) is 3. The third kappa shape index (κ3) is 3.80. The molecule has 0 aromatic heterocycles. The van der Waals surface area contributed by atoms with Crippen molar-refractivity contribution in [2.45, 2.75) is 24.5 Å². The Balaban J connectivity index is 1.81. The zero-order valence-electron chi connectivity index (χ0n) is 17.3. The van der Waals surface area contributed by atoms with E-state index in [1.54, 1.807) is 12.1 Å².